The van der Waals surface area contributed by atoms with E-state index in [2.05, 4.69) is 11.1 Å². The number of rotatable bonds is 2. The minimum absolute atomic E-state index is 0.340. The first-order valence-corrected chi connectivity index (χ1v) is 5.79. The van der Waals surface area contributed by atoms with Gasteiger partial charge < -0.3 is 4.42 Å². The lowest BCUT2D eigenvalue weighted by Crippen LogP contribution is -1.80. The topological polar surface area (TPSA) is 49.3 Å². The molecule has 0 unspecified atom stereocenters. The molecule has 2 rings (SSSR count). The summed E-state index contributed by atoms with van der Waals surface area (Å²) in [6.45, 7) is 3.66. The standard InChI is InChI=1S/C14H11ClN2O/c1-9-10(2)18-14(13(9)7-16)17-8-11-4-3-5-12(15)6-11/h3-6,8H,1-2H3/b17-8+. The van der Waals surface area contributed by atoms with Gasteiger partial charge in [0.15, 0.2) is 0 Å². The van der Waals surface area contributed by atoms with E-state index in [4.69, 9.17) is 21.3 Å². The second-order valence-corrected chi connectivity index (χ2v) is 4.32. The van der Waals surface area contributed by atoms with E-state index in [0.717, 1.165) is 11.1 Å². The smallest absolute Gasteiger partial charge is 0.237 e. The van der Waals surface area contributed by atoms with Gasteiger partial charge in [0.2, 0.25) is 5.88 Å². The zero-order chi connectivity index (χ0) is 13.1. The van der Waals surface area contributed by atoms with Gasteiger partial charge in [-0.15, -0.1) is 0 Å². The van der Waals surface area contributed by atoms with Crippen molar-refractivity contribution < 1.29 is 4.42 Å². The molecule has 0 fully saturated rings. The van der Waals surface area contributed by atoms with Gasteiger partial charge in [0.1, 0.15) is 17.4 Å². The molecule has 0 radical (unpaired) electrons. The molecule has 1 aromatic carbocycles. The SMILES string of the molecule is Cc1oc(/N=C/c2cccc(Cl)c2)c(C#N)c1C. The van der Waals surface area contributed by atoms with Gasteiger partial charge in [-0.05, 0) is 31.5 Å². The number of hydrogen-bond donors (Lipinski definition) is 0. The van der Waals surface area contributed by atoms with Gasteiger partial charge in [0.05, 0.1) is 0 Å². The fourth-order valence-electron chi connectivity index (χ4n) is 1.55. The van der Waals surface area contributed by atoms with Crippen LogP contribution in [0.2, 0.25) is 5.02 Å². The number of hydrogen-bond acceptors (Lipinski definition) is 3. The molecular formula is C14H11ClN2O. The van der Waals surface area contributed by atoms with E-state index in [1.54, 1.807) is 18.3 Å². The van der Waals surface area contributed by atoms with Crippen molar-refractivity contribution in [3.05, 3.63) is 51.7 Å². The average molecular weight is 259 g/mol. The lowest BCUT2D eigenvalue weighted by atomic mass is 10.2. The van der Waals surface area contributed by atoms with E-state index < -0.39 is 0 Å². The van der Waals surface area contributed by atoms with Crippen molar-refractivity contribution in [2.24, 2.45) is 4.99 Å². The molecule has 0 bridgehead atoms. The second-order valence-electron chi connectivity index (χ2n) is 3.89. The van der Waals surface area contributed by atoms with Crippen LogP contribution in [0.15, 0.2) is 33.7 Å². The van der Waals surface area contributed by atoms with Gasteiger partial charge in [-0.3, -0.25) is 0 Å². The highest BCUT2D eigenvalue weighted by Gasteiger charge is 2.12. The Labute approximate surface area is 110 Å². The second kappa shape index (κ2) is 5.07. The number of halogens is 1. The van der Waals surface area contributed by atoms with Crippen molar-refractivity contribution in [2.45, 2.75) is 13.8 Å². The highest BCUT2D eigenvalue weighted by molar-refractivity contribution is 6.30. The molecule has 1 aromatic heterocycles. The van der Waals surface area contributed by atoms with E-state index in [0.29, 0.717) is 22.2 Å². The monoisotopic (exact) mass is 258 g/mol. The van der Waals surface area contributed by atoms with Crippen molar-refractivity contribution in [2.75, 3.05) is 0 Å². The van der Waals surface area contributed by atoms with Crippen LogP contribution < -0.4 is 0 Å². The van der Waals surface area contributed by atoms with Gasteiger partial charge >= 0.3 is 0 Å². The first-order valence-electron chi connectivity index (χ1n) is 5.41. The van der Waals surface area contributed by atoms with Gasteiger partial charge in [0, 0.05) is 16.8 Å². The number of furan rings is 1. The first kappa shape index (κ1) is 12.4. The number of aryl methyl sites for hydroxylation is 1. The fraction of sp³-hybridized carbons (Fsp3) is 0.143. The molecule has 0 spiro atoms. The Morgan fingerprint density at radius 3 is 2.83 bits per heavy atom. The molecule has 0 N–H and O–H groups in total. The molecule has 2 aromatic rings. The average Bonchev–Trinajstić information content (AvgIpc) is 2.62. The van der Waals surface area contributed by atoms with Crippen LogP contribution in [0.3, 0.4) is 0 Å². The molecule has 0 saturated heterocycles. The maximum atomic E-state index is 9.05. The number of nitriles is 1. The molecule has 0 aliphatic rings. The minimum atomic E-state index is 0.340. The highest BCUT2D eigenvalue weighted by atomic mass is 35.5. The molecule has 3 nitrogen and oxygen atoms in total. The highest BCUT2D eigenvalue weighted by Crippen LogP contribution is 2.27. The first-order chi connectivity index (χ1) is 8.61. The van der Waals surface area contributed by atoms with Crippen LogP contribution in [0.1, 0.15) is 22.5 Å². The van der Waals surface area contributed by atoms with Crippen molar-refractivity contribution >= 4 is 23.7 Å². The predicted octanol–water partition coefficient (Wildman–Crippen LogP) is 4.17. The summed E-state index contributed by atoms with van der Waals surface area (Å²) in [7, 11) is 0. The lowest BCUT2D eigenvalue weighted by Gasteiger charge is -1.93. The summed E-state index contributed by atoms with van der Waals surface area (Å²) >= 11 is 5.88. The molecule has 1 heterocycles. The summed E-state index contributed by atoms with van der Waals surface area (Å²) in [6, 6.07) is 9.40. The number of nitrogens with zero attached hydrogens (tertiary/aromatic N) is 2. The third-order valence-corrected chi connectivity index (χ3v) is 2.89. The Morgan fingerprint density at radius 1 is 1.39 bits per heavy atom. The van der Waals surface area contributed by atoms with Crippen LogP contribution in [-0.2, 0) is 0 Å². The zero-order valence-electron chi connectivity index (χ0n) is 10.1. The Morgan fingerprint density at radius 2 is 2.17 bits per heavy atom. The Balaban J connectivity index is 2.35. The van der Waals surface area contributed by atoms with Crippen molar-refractivity contribution in [1.82, 2.24) is 0 Å². The molecule has 0 aliphatic heterocycles. The summed E-state index contributed by atoms with van der Waals surface area (Å²) in [6.07, 6.45) is 1.63. The molecule has 4 heteroatoms. The van der Waals surface area contributed by atoms with Crippen LogP contribution in [0, 0.1) is 25.2 Å². The summed E-state index contributed by atoms with van der Waals surface area (Å²) in [5.41, 5.74) is 2.17. The Hall–Kier alpha value is -2.05. The summed E-state index contributed by atoms with van der Waals surface area (Å²) in [4.78, 5) is 4.20. The van der Waals surface area contributed by atoms with E-state index >= 15 is 0 Å². The van der Waals surface area contributed by atoms with Crippen LogP contribution in [-0.4, -0.2) is 6.21 Å². The Bertz CT molecular complexity index is 650. The third kappa shape index (κ3) is 2.44. The van der Waals surface area contributed by atoms with Crippen LogP contribution in [0.25, 0.3) is 0 Å². The molecule has 90 valence electrons. The summed E-state index contributed by atoms with van der Waals surface area (Å²) in [5.74, 6) is 1.05. The molecule has 18 heavy (non-hydrogen) atoms. The maximum Gasteiger partial charge on any atom is 0.237 e. The molecular weight excluding hydrogens is 248 g/mol. The largest absolute Gasteiger partial charge is 0.442 e. The molecule has 0 atom stereocenters. The third-order valence-electron chi connectivity index (χ3n) is 2.66. The zero-order valence-corrected chi connectivity index (χ0v) is 10.8. The van der Waals surface area contributed by atoms with Crippen LogP contribution in [0.5, 0.6) is 0 Å². The number of benzene rings is 1. The molecule has 0 aliphatic carbocycles. The van der Waals surface area contributed by atoms with E-state index in [1.807, 2.05) is 26.0 Å². The molecule has 0 amide bonds. The van der Waals surface area contributed by atoms with Crippen molar-refractivity contribution in [3.8, 4) is 6.07 Å². The van der Waals surface area contributed by atoms with E-state index in [-0.39, 0.29) is 0 Å². The lowest BCUT2D eigenvalue weighted by molar-refractivity contribution is 0.542. The quantitative estimate of drug-likeness (QED) is 0.759. The maximum absolute atomic E-state index is 9.05. The minimum Gasteiger partial charge on any atom is -0.442 e. The van der Waals surface area contributed by atoms with Crippen molar-refractivity contribution in [3.63, 3.8) is 0 Å². The van der Waals surface area contributed by atoms with E-state index in [1.165, 1.54) is 0 Å². The van der Waals surface area contributed by atoms with Crippen molar-refractivity contribution in [1.29, 1.82) is 5.26 Å². The predicted molar refractivity (Wildman–Crippen MR) is 71.6 cm³/mol. The van der Waals surface area contributed by atoms with Crippen LogP contribution >= 0.6 is 11.6 Å². The van der Waals surface area contributed by atoms with Gasteiger partial charge in [-0.1, -0.05) is 23.7 Å². The Kier molecular flexibility index (Phi) is 3.50. The van der Waals surface area contributed by atoms with E-state index in [9.17, 15) is 0 Å². The normalized spacial score (nSPS) is 10.8. The molecule has 0 saturated carbocycles. The van der Waals surface area contributed by atoms with Gasteiger partial charge in [-0.25, -0.2) is 4.99 Å². The van der Waals surface area contributed by atoms with Gasteiger partial charge in [-0.2, -0.15) is 5.26 Å². The van der Waals surface area contributed by atoms with Crippen LogP contribution in [0.4, 0.5) is 5.88 Å². The van der Waals surface area contributed by atoms with Gasteiger partial charge in [0.25, 0.3) is 0 Å². The summed E-state index contributed by atoms with van der Waals surface area (Å²) in [5, 5.41) is 9.69. The summed E-state index contributed by atoms with van der Waals surface area (Å²) < 4.78 is 5.43. The number of aliphatic imine (C=N–C) groups is 1. The fourth-order valence-corrected chi connectivity index (χ4v) is 1.75.